The number of nitrogen functional groups attached to an aromatic ring is 1. The average Bonchev–Trinajstić information content (AvgIpc) is 2.68. The first-order valence-corrected chi connectivity index (χ1v) is 5.31. The van der Waals surface area contributed by atoms with Crippen LogP contribution in [-0.4, -0.2) is 24.2 Å². The van der Waals surface area contributed by atoms with Crippen molar-refractivity contribution in [3.63, 3.8) is 0 Å². The van der Waals surface area contributed by atoms with Gasteiger partial charge in [0.15, 0.2) is 0 Å². The molecule has 0 aliphatic carbocycles. The third-order valence-electron chi connectivity index (χ3n) is 2.45. The summed E-state index contributed by atoms with van der Waals surface area (Å²) in [5, 5.41) is 0. The van der Waals surface area contributed by atoms with Crippen LogP contribution in [0.2, 0.25) is 0 Å². The Bertz CT molecular complexity index is 358. The summed E-state index contributed by atoms with van der Waals surface area (Å²) in [5.74, 6) is 4.88. The van der Waals surface area contributed by atoms with Gasteiger partial charge in [0.1, 0.15) is 5.69 Å². The third-order valence-corrected chi connectivity index (χ3v) is 2.45. The summed E-state index contributed by atoms with van der Waals surface area (Å²) in [7, 11) is 1.66. The van der Waals surface area contributed by atoms with E-state index >= 15 is 0 Å². The number of nitrogens with one attached hydrogen (secondary N) is 1. The number of hydrazine groups is 1. The molecule has 0 aromatic carbocycles. The van der Waals surface area contributed by atoms with Gasteiger partial charge in [-0.3, -0.25) is 10.2 Å². The van der Waals surface area contributed by atoms with Crippen molar-refractivity contribution in [3.05, 3.63) is 23.5 Å². The predicted octanol–water partition coefficient (Wildman–Crippen LogP) is 0.861. The maximum absolute atomic E-state index is 11.5. The van der Waals surface area contributed by atoms with E-state index in [-0.39, 0.29) is 11.9 Å². The number of hydrogen-bond donors (Lipinski definition) is 2. The van der Waals surface area contributed by atoms with Crippen LogP contribution in [0, 0.1) is 0 Å². The number of nitrogens with two attached hydrogens (primary N) is 1. The van der Waals surface area contributed by atoms with Gasteiger partial charge >= 0.3 is 0 Å². The smallest absolute Gasteiger partial charge is 0.281 e. The zero-order valence-electron chi connectivity index (χ0n) is 9.99. The first-order valence-electron chi connectivity index (χ1n) is 5.31. The molecule has 5 heteroatoms. The predicted molar refractivity (Wildman–Crippen MR) is 62.1 cm³/mol. The highest BCUT2D eigenvalue weighted by molar-refractivity contribution is 5.92. The molecule has 0 fully saturated rings. The van der Waals surface area contributed by atoms with Crippen molar-refractivity contribution in [2.75, 3.05) is 13.7 Å². The monoisotopic (exact) mass is 225 g/mol. The molecule has 0 saturated carbocycles. The number of carbonyl (C=O) groups excluding carboxylic acids is 1. The van der Waals surface area contributed by atoms with Crippen molar-refractivity contribution >= 4 is 5.91 Å². The molecule has 1 heterocycles. The van der Waals surface area contributed by atoms with Crippen LogP contribution in [0.1, 0.15) is 36.1 Å². The first kappa shape index (κ1) is 12.7. The van der Waals surface area contributed by atoms with E-state index in [9.17, 15) is 4.79 Å². The van der Waals surface area contributed by atoms with E-state index in [1.165, 1.54) is 0 Å². The summed E-state index contributed by atoms with van der Waals surface area (Å²) in [6.45, 7) is 4.70. The third kappa shape index (κ3) is 2.62. The molecule has 1 amide bonds. The minimum atomic E-state index is -0.266. The van der Waals surface area contributed by atoms with E-state index in [2.05, 4.69) is 5.43 Å². The fourth-order valence-electron chi connectivity index (χ4n) is 1.77. The van der Waals surface area contributed by atoms with Crippen LogP contribution >= 0.6 is 0 Å². The number of nitrogens with zero attached hydrogens (tertiary/aromatic N) is 1. The van der Waals surface area contributed by atoms with Crippen molar-refractivity contribution in [2.45, 2.75) is 26.3 Å². The standard InChI is InChI=1S/C11H19N3O2/c1-8(2)14-9(6-7-16-3)4-5-10(14)11(15)13-12/h4-5,8H,6-7,12H2,1-3H3,(H,13,15). The summed E-state index contributed by atoms with van der Waals surface area (Å²) < 4.78 is 7.01. The second-order valence-electron chi connectivity index (χ2n) is 3.89. The summed E-state index contributed by atoms with van der Waals surface area (Å²) in [6.07, 6.45) is 0.784. The van der Waals surface area contributed by atoms with Crippen LogP contribution < -0.4 is 11.3 Å². The quantitative estimate of drug-likeness (QED) is 0.443. The van der Waals surface area contributed by atoms with Crippen LogP contribution in [-0.2, 0) is 11.2 Å². The average molecular weight is 225 g/mol. The molecule has 3 N–H and O–H groups in total. The Labute approximate surface area is 95.5 Å². The van der Waals surface area contributed by atoms with Crippen molar-refractivity contribution in [3.8, 4) is 0 Å². The van der Waals surface area contributed by atoms with Crippen molar-refractivity contribution in [2.24, 2.45) is 5.84 Å². The van der Waals surface area contributed by atoms with E-state index in [4.69, 9.17) is 10.6 Å². The zero-order chi connectivity index (χ0) is 12.1. The number of methoxy groups -OCH3 is 1. The first-order chi connectivity index (χ1) is 7.61. The lowest BCUT2D eigenvalue weighted by molar-refractivity contribution is 0.0942. The Morgan fingerprint density at radius 2 is 2.25 bits per heavy atom. The second kappa shape index (κ2) is 5.67. The topological polar surface area (TPSA) is 69.3 Å². The molecule has 0 bridgehead atoms. The van der Waals surface area contributed by atoms with Gasteiger partial charge in [-0.25, -0.2) is 5.84 Å². The van der Waals surface area contributed by atoms with Crippen LogP contribution in [0.15, 0.2) is 12.1 Å². The molecule has 16 heavy (non-hydrogen) atoms. The van der Waals surface area contributed by atoms with Gasteiger partial charge in [0, 0.05) is 25.3 Å². The Morgan fingerprint density at radius 1 is 1.56 bits per heavy atom. The van der Waals surface area contributed by atoms with E-state index in [0.717, 1.165) is 12.1 Å². The number of hydrogen-bond acceptors (Lipinski definition) is 3. The molecule has 90 valence electrons. The molecule has 0 radical (unpaired) electrons. The lowest BCUT2D eigenvalue weighted by Gasteiger charge is -2.16. The Hall–Kier alpha value is -1.33. The fraction of sp³-hybridized carbons (Fsp3) is 0.545. The van der Waals surface area contributed by atoms with Crippen LogP contribution in [0.5, 0.6) is 0 Å². The van der Waals surface area contributed by atoms with E-state index in [1.807, 2.05) is 24.5 Å². The molecule has 0 saturated heterocycles. The highest BCUT2D eigenvalue weighted by Crippen LogP contribution is 2.16. The minimum absolute atomic E-state index is 0.217. The lowest BCUT2D eigenvalue weighted by atomic mass is 10.3. The van der Waals surface area contributed by atoms with Gasteiger partial charge in [-0.05, 0) is 26.0 Å². The largest absolute Gasteiger partial charge is 0.384 e. The molecular weight excluding hydrogens is 206 g/mol. The molecule has 0 aliphatic rings. The van der Waals surface area contributed by atoms with Crippen molar-refractivity contribution in [1.82, 2.24) is 9.99 Å². The molecular formula is C11H19N3O2. The number of aromatic nitrogens is 1. The Morgan fingerprint density at radius 3 is 2.75 bits per heavy atom. The normalized spacial score (nSPS) is 10.8. The highest BCUT2D eigenvalue weighted by atomic mass is 16.5. The second-order valence-corrected chi connectivity index (χ2v) is 3.89. The summed E-state index contributed by atoms with van der Waals surface area (Å²) in [4.78, 5) is 11.5. The Balaban J connectivity index is 3.02. The van der Waals surface area contributed by atoms with Gasteiger partial charge in [-0.1, -0.05) is 0 Å². The zero-order valence-corrected chi connectivity index (χ0v) is 9.99. The van der Waals surface area contributed by atoms with Gasteiger partial charge in [0.2, 0.25) is 0 Å². The molecule has 1 aromatic rings. The van der Waals surface area contributed by atoms with Gasteiger partial charge in [0.25, 0.3) is 5.91 Å². The molecule has 0 unspecified atom stereocenters. The SMILES string of the molecule is COCCc1ccc(C(=O)NN)n1C(C)C. The summed E-state index contributed by atoms with van der Waals surface area (Å²) in [6, 6.07) is 3.94. The number of amides is 1. The van der Waals surface area contributed by atoms with Gasteiger partial charge in [-0.2, -0.15) is 0 Å². The number of ether oxygens (including phenoxy) is 1. The maximum Gasteiger partial charge on any atom is 0.281 e. The van der Waals surface area contributed by atoms with Crippen LogP contribution in [0.4, 0.5) is 0 Å². The molecule has 1 rings (SSSR count). The van der Waals surface area contributed by atoms with Gasteiger partial charge in [-0.15, -0.1) is 0 Å². The van der Waals surface area contributed by atoms with E-state index < -0.39 is 0 Å². The van der Waals surface area contributed by atoms with Gasteiger partial charge in [0.05, 0.1) is 6.61 Å². The van der Waals surface area contributed by atoms with Crippen molar-refractivity contribution < 1.29 is 9.53 Å². The molecule has 0 aliphatic heterocycles. The van der Waals surface area contributed by atoms with Gasteiger partial charge < -0.3 is 9.30 Å². The highest BCUT2D eigenvalue weighted by Gasteiger charge is 2.15. The molecule has 5 nitrogen and oxygen atoms in total. The maximum atomic E-state index is 11.5. The molecule has 0 atom stereocenters. The van der Waals surface area contributed by atoms with E-state index in [1.54, 1.807) is 13.2 Å². The molecule has 1 aromatic heterocycles. The minimum Gasteiger partial charge on any atom is -0.384 e. The number of carbonyl (C=O) groups is 1. The number of rotatable bonds is 5. The van der Waals surface area contributed by atoms with Crippen LogP contribution in [0.3, 0.4) is 0 Å². The summed E-state index contributed by atoms with van der Waals surface area (Å²) >= 11 is 0. The molecule has 0 spiro atoms. The van der Waals surface area contributed by atoms with Crippen molar-refractivity contribution in [1.29, 1.82) is 0 Å². The van der Waals surface area contributed by atoms with Crippen LogP contribution in [0.25, 0.3) is 0 Å². The summed E-state index contributed by atoms with van der Waals surface area (Å²) in [5.41, 5.74) is 3.82. The fourth-order valence-corrected chi connectivity index (χ4v) is 1.77. The van der Waals surface area contributed by atoms with E-state index in [0.29, 0.717) is 12.3 Å². The lowest BCUT2D eigenvalue weighted by Crippen LogP contribution is -2.32. The Kier molecular flexibility index (Phi) is 4.52.